The molecule has 0 aromatic rings. The van der Waals surface area contributed by atoms with Crippen molar-refractivity contribution >= 4 is 11.9 Å². The molecule has 1 heterocycles. The second-order valence-electron chi connectivity index (χ2n) is 4.56. The van der Waals surface area contributed by atoms with E-state index < -0.39 is 0 Å². The molecule has 1 saturated carbocycles. The van der Waals surface area contributed by atoms with Gasteiger partial charge in [-0.25, -0.2) is 4.99 Å². The smallest absolute Gasteiger partial charge is 0.244 e. The lowest BCUT2D eigenvalue weighted by molar-refractivity contribution is -0.130. The van der Waals surface area contributed by atoms with Crippen molar-refractivity contribution in [1.82, 2.24) is 10.2 Å². The molecule has 0 unspecified atom stereocenters. The molecule has 0 bridgehead atoms. The van der Waals surface area contributed by atoms with Crippen molar-refractivity contribution in [1.29, 1.82) is 0 Å². The van der Waals surface area contributed by atoms with Gasteiger partial charge in [0.05, 0.1) is 0 Å². The van der Waals surface area contributed by atoms with E-state index in [1.807, 2.05) is 4.90 Å². The lowest BCUT2D eigenvalue weighted by Gasteiger charge is -2.26. The summed E-state index contributed by atoms with van der Waals surface area (Å²) in [4.78, 5) is 17.7. The fraction of sp³-hybridized carbons (Fsp3) is 0.818. The summed E-state index contributed by atoms with van der Waals surface area (Å²) in [5, 5.41) is 3.07. The second kappa shape index (κ2) is 5.18. The molecule has 2 fully saturated rings. The number of nitrogens with one attached hydrogen (secondary N) is 1. The number of carbonyl (C=O) groups is 1. The minimum atomic E-state index is 0.0975. The highest BCUT2D eigenvalue weighted by atomic mass is 16.2. The number of rotatable bonds is 3. The third kappa shape index (κ3) is 3.40. The van der Waals surface area contributed by atoms with E-state index in [1.165, 1.54) is 6.42 Å². The summed E-state index contributed by atoms with van der Waals surface area (Å²) < 4.78 is 0. The Bertz CT molecular complexity index is 280. The standard InChI is InChI=1S/C11H20N4O/c12-11(14-9-4-5-9)13-8-10(16)15-6-2-1-3-7-15/h9H,1-8H2,(H3,12,13,14). The fourth-order valence-corrected chi connectivity index (χ4v) is 1.88. The van der Waals surface area contributed by atoms with E-state index in [0.29, 0.717) is 12.0 Å². The number of aliphatic imine (C=N–C) groups is 1. The number of hydrogen-bond acceptors (Lipinski definition) is 2. The van der Waals surface area contributed by atoms with E-state index in [1.54, 1.807) is 0 Å². The predicted molar refractivity (Wildman–Crippen MR) is 63.1 cm³/mol. The topological polar surface area (TPSA) is 70.7 Å². The molecule has 2 rings (SSSR count). The van der Waals surface area contributed by atoms with Crippen LogP contribution in [-0.4, -0.2) is 42.4 Å². The van der Waals surface area contributed by atoms with Gasteiger partial charge in [0.15, 0.2) is 5.96 Å². The van der Waals surface area contributed by atoms with Crippen LogP contribution in [0.1, 0.15) is 32.1 Å². The average Bonchev–Trinajstić information content (AvgIpc) is 3.11. The predicted octanol–water partition coefficient (Wildman–Crippen LogP) is 0.0656. The van der Waals surface area contributed by atoms with Crippen molar-refractivity contribution in [2.75, 3.05) is 19.6 Å². The molecule has 1 aliphatic carbocycles. The van der Waals surface area contributed by atoms with Crippen LogP contribution in [0.2, 0.25) is 0 Å². The van der Waals surface area contributed by atoms with Gasteiger partial charge in [-0.3, -0.25) is 4.79 Å². The molecule has 90 valence electrons. The highest BCUT2D eigenvalue weighted by Crippen LogP contribution is 2.17. The number of guanidine groups is 1. The summed E-state index contributed by atoms with van der Waals surface area (Å²) in [6, 6.07) is 0.494. The number of nitrogens with zero attached hydrogens (tertiary/aromatic N) is 2. The van der Waals surface area contributed by atoms with Crippen LogP contribution in [-0.2, 0) is 4.79 Å². The zero-order valence-corrected chi connectivity index (χ0v) is 9.61. The molecule has 2 aliphatic rings. The number of hydrogen-bond donors (Lipinski definition) is 2. The Hall–Kier alpha value is -1.26. The Morgan fingerprint density at radius 1 is 1.31 bits per heavy atom. The third-order valence-electron chi connectivity index (χ3n) is 3.02. The van der Waals surface area contributed by atoms with Crippen molar-refractivity contribution in [3.8, 4) is 0 Å². The number of carbonyl (C=O) groups excluding carboxylic acids is 1. The van der Waals surface area contributed by atoms with E-state index in [2.05, 4.69) is 10.3 Å². The second-order valence-corrected chi connectivity index (χ2v) is 4.56. The summed E-state index contributed by atoms with van der Waals surface area (Å²) in [6.07, 6.45) is 5.79. The number of amides is 1. The van der Waals surface area contributed by atoms with Gasteiger partial charge in [0, 0.05) is 19.1 Å². The molecule has 3 N–H and O–H groups in total. The van der Waals surface area contributed by atoms with Gasteiger partial charge in [-0.05, 0) is 32.1 Å². The molecule has 1 saturated heterocycles. The third-order valence-corrected chi connectivity index (χ3v) is 3.02. The van der Waals surface area contributed by atoms with E-state index >= 15 is 0 Å². The van der Waals surface area contributed by atoms with Gasteiger partial charge >= 0.3 is 0 Å². The number of piperidine rings is 1. The molecule has 1 amide bonds. The molecule has 5 heteroatoms. The van der Waals surface area contributed by atoms with Crippen molar-refractivity contribution in [3.63, 3.8) is 0 Å². The lowest BCUT2D eigenvalue weighted by atomic mass is 10.1. The van der Waals surface area contributed by atoms with Crippen LogP contribution in [0.15, 0.2) is 4.99 Å². The SMILES string of the molecule is NC(=NCC(=O)N1CCCCC1)NC1CC1. The Morgan fingerprint density at radius 3 is 2.62 bits per heavy atom. The van der Waals surface area contributed by atoms with Crippen molar-refractivity contribution < 1.29 is 4.79 Å². The molecule has 0 spiro atoms. The molecule has 16 heavy (non-hydrogen) atoms. The first-order chi connectivity index (χ1) is 7.75. The fourth-order valence-electron chi connectivity index (χ4n) is 1.88. The van der Waals surface area contributed by atoms with Gasteiger partial charge in [0.25, 0.3) is 0 Å². The van der Waals surface area contributed by atoms with Crippen LogP contribution in [0, 0.1) is 0 Å². The van der Waals surface area contributed by atoms with Crippen LogP contribution in [0.3, 0.4) is 0 Å². The van der Waals surface area contributed by atoms with Gasteiger partial charge in [0.1, 0.15) is 6.54 Å². The Morgan fingerprint density at radius 2 is 2.00 bits per heavy atom. The Kier molecular flexibility index (Phi) is 3.64. The average molecular weight is 224 g/mol. The van der Waals surface area contributed by atoms with Gasteiger partial charge in [-0.2, -0.15) is 0 Å². The number of nitrogens with two attached hydrogens (primary N) is 1. The largest absolute Gasteiger partial charge is 0.370 e. The summed E-state index contributed by atoms with van der Waals surface area (Å²) in [7, 11) is 0. The van der Waals surface area contributed by atoms with Gasteiger partial charge in [-0.15, -0.1) is 0 Å². The van der Waals surface area contributed by atoms with Crippen molar-refractivity contribution in [2.24, 2.45) is 10.7 Å². The normalized spacial score (nSPS) is 22.0. The lowest BCUT2D eigenvalue weighted by Crippen LogP contribution is -2.39. The van der Waals surface area contributed by atoms with Crippen LogP contribution in [0.4, 0.5) is 0 Å². The summed E-state index contributed by atoms with van der Waals surface area (Å²) in [5.74, 6) is 0.508. The zero-order chi connectivity index (χ0) is 11.4. The first-order valence-corrected chi connectivity index (χ1v) is 6.10. The van der Waals surface area contributed by atoms with Gasteiger partial charge < -0.3 is 16.0 Å². The quantitative estimate of drug-likeness (QED) is 0.526. The van der Waals surface area contributed by atoms with E-state index in [9.17, 15) is 4.79 Å². The molecule has 1 aliphatic heterocycles. The van der Waals surface area contributed by atoms with E-state index in [-0.39, 0.29) is 12.5 Å². The van der Waals surface area contributed by atoms with Crippen LogP contribution in [0.25, 0.3) is 0 Å². The molecular weight excluding hydrogens is 204 g/mol. The first kappa shape index (κ1) is 11.2. The van der Waals surface area contributed by atoms with Crippen molar-refractivity contribution in [3.05, 3.63) is 0 Å². The molecule has 5 nitrogen and oxygen atoms in total. The van der Waals surface area contributed by atoms with Crippen LogP contribution in [0.5, 0.6) is 0 Å². The highest BCUT2D eigenvalue weighted by molar-refractivity contribution is 5.84. The first-order valence-electron chi connectivity index (χ1n) is 6.10. The molecule has 0 aromatic carbocycles. The number of likely N-dealkylation sites (tertiary alicyclic amines) is 1. The molecule has 0 radical (unpaired) electrons. The monoisotopic (exact) mass is 224 g/mol. The molecule has 0 aromatic heterocycles. The zero-order valence-electron chi connectivity index (χ0n) is 9.61. The van der Waals surface area contributed by atoms with Crippen LogP contribution < -0.4 is 11.1 Å². The minimum absolute atomic E-state index is 0.0975. The maximum Gasteiger partial charge on any atom is 0.244 e. The maximum absolute atomic E-state index is 11.7. The summed E-state index contributed by atoms with van der Waals surface area (Å²) in [6.45, 7) is 1.94. The van der Waals surface area contributed by atoms with E-state index in [0.717, 1.165) is 38.8 Å². The van der Waals surface area contributed by atoms with Crippen molar-refractivity contribution in [2.45, 2.75) is 38.1 Å². The summed E-state index contributed by atoms with van der Waals surface area (Å²) in [5.41, 5.74) is 5.66. The Balaban J connectivity index is 1.72. The van der Waals surface area contributed by atoms with Gasteiger partial charge in [0.2, 0.25) is 5.91 Å². The molecule has 0 atom stereocenters. The van der Waals surface area contributed by atoms with Gasteiger partial charge in [-0.1, -0.05) is 0 Å². The summed E-state index contributed by atoms with van der Waals surface area (Å²) >= 11 is 0. The maximum atomic E-state index is 11.7. The Labute approximate surface area is 96.1 Å². The molecular formula is C11H20N4O. The van der Waals surface area contributed by atoms with Crippen LogP contribution >= 0.6 is 0 Å². The highest BCUT2D eigenvalue weighted by Gasteiger charge is 2.21. The minimum Gasteiger partial charge on any atom is -0.370 e. The van der Waals surface area contributed by atoms with E-state index in [4.69, 9.17) is 5.73 Å².